The molecule has 1 fully saturated rings. The van der Waals surface area contributed by atoms with Crippen LogP contribution in [-0.2, 0) is 20.4 Å². The van der Waals surface area contributed by atoms with Crippen molar-refractivity contribution in [2.45, 2.75) is 32.2 Å². The molecular formula is C17H24NO4P. The predicted octanol–water partition coefficient (Wildman–Crippen LogP) is 4.15. The quantitative estimate of drug-likeness (QED) is 0.572. The fraction of sp³-hybridized carbons (Fsp3) is 0.471. The maximum Gasteiger partial charge on any atom is 0.408 e. The molecule has 0 spiro atoms. The van der Waals surface area contributed by atoms with Gasteiger partial charge < -0.3 is 14.6 Å². The molecule has 0 aliphatic heterocycles. The molecule has 126 valence electrons. The van der Waals surface area contributed by atoms with E-state index in [1.54, 1.807) is 13.0 Å². The Morgan fingerprint density at radius 3 is 2.65 bits per heavy atom. The van der Waals surface area contributed by atoms with Crippen LogP contribution in [0.25, 0.3) is 0 Å². The number of hydrogen-bond donors (Lipinski definition) is 1. The van der Waals surface area contributed by atoms with Crippen molar-refractivity contribution in [3.63, 3.8) is 0 Å². The molecule has 6 heteroatoms. The highest BCUT2D eigenvalue weighted by molar-refractivity contribution is 7.61. The Hall–Kier alpha value is -1.58. The van der Waals surface area contributed by atoms with E-state index in [2.05, 4.69) is 11.9 Å². The third-order valence-electron chi connectivity index (χ3n) is 4.16. The van der Waals surface area contributed by atoms with Crippen LogP contribution in [0.15, 0.2) is 43.0 Å². The fourth-order valence-electron chi connectivity index (χ4n) is 2.81. The lowest BCUT2D eigenvalue weighted by Crippen LogP contribution is -2.39. The fourth-order valence-corrected chi connectivity index (χ4v) is 5.55. The van der Waals surface area contributed by atoms with Crippen molar-refractivity contribution in [3.05, 3.63) is 48.6 Å². The summed E-state index contributed by atoms with van der Waals surface area (Å²) in [5.74, 6) is -0.0518. The minimum atomic E-state index is -3.00. The zero-order valence-corrected chi connectivity index (χ0v) is 14.6. The second-order valence-electron chi connectivity index (χ2n) is 5.56. The van der Waals surface area contributed by atoms with Crippen LogP contribution in [0, 0.1) is 5.92 Å². The third kappa shape index (κ3) is 3.67. The molecule has 5 nitrogen and oxygen atoms in total. The number of amides is 1. The van der Waals surface area contributed by atoms with Gasteiger partial charge in [-0.1, -0.05) is 43.3 Å². The summed E-state index contributed by atoms with van der Waals surface area (Å²) in [6.45, 7) is 7.89. The molecular weight excluding hydrogens is 313 g/mol. The van der Waals surface area contributed by atoms with Crippen LogP contribution in [0.5, 0.6) is 0 Å². The smallest absolute Gasteiger partial charge is 0.408 e. The first-order valence-electron chi connectivity index (χ1n) is 7.86. The first kappa shape index (κ1) is 17.8. The largest absolute Gasteiger partial charge is 0.445 e. The Labute approximate surface area is 137 Å². The molecule has 1 aromatic carbocycles. The van der Waals surface area contributed by atoms with E-state index in [9.17, 15) is 9.36 Å². The van der Waals surface area contributed by atoms with Crippen molar-refractivity contribution in [2.24, 2.45) is 5.92 Å². The Balaban J connectivity index is 2.04. The summed E-state index contributed by atoms with van der Waals surface area (Å²) in [7, 11) is -3.00. The molecule has 2 rings (SSSR count). The van der Waals surface area contributed by atoms with Crippen molar-refractivity contribution < 1.29 is 18.6 Å². The topological polar surface area (TPSA) is 64.6 Å². The van der Waals surface area contributed by atoms with Gasteiger partial charge in [0, 0.05) is 12.1 Å². The number of ether oxygens (including phenoxy) is 1. The van der Waals surface area contributed by atoms with Gasteiger partial charge in [-0.2, -0.15) is 0 Å². The van der Waals surface area contributed by atoms with Crippen LogP contribution in [0.4, 0.5) is 4.79 Å². The average molecular weight is 337 g/mol. The van der Waals surface area contributed by atoms with Gasteiger partial charge in [0.15, 0.2) is 0 Å². The first-order valence-corrected chi connectivity index (χ1v) is 9.67. The van der Waals surface area contributed by atoms with Gasteiger partial charge in [-0.25, -0.2) is 4.79 Å². The van der Waals surface area contributed by atoms with Crippen molar-refractivity contribution in [1.82, 2.24) is 5.32 Å². The summed E-state index contributed by atoms with van der Waals surface area (Å²) in [6.07, 6.45) is 2.08. The molecule has 3 atom stereocenters. The molecule has 0 aromatic heterocycles. The Morgan fingerprint density at radius 1 is 1.43 bits per heavy atom. The van der Waals surface area contributed by atoms with E-state index in [-0.39, 0.29) is 12.5 Å². The molecule has 0 saturated heterocycles. The molecule has 23 heavy (non-hydrogen) atoms. The second-order valence-corrected chi connectivity index (χ2v) is 8.60. The van der Waals surface area contributed by atoms with Crippen molar-refractivity contribution in [1.29, 1.82) is 0 Å². The monoisotopic (exact) mass is 337 g/mol. The normalized spacial score (nSPS) is 25.2. The summed E-state index contributed by atoms with van der Waals surface area (Å²) >= 11 is 0. The van der Waals surface area contributed by atoms with Gasteiger partial charge in [-0.3, -0.25) is 4.57 Å². The van der Waals surface area contributed by atoms with Gasteiger partial charge in [0.05, 0.1) is 6.61 Å². The van der Waals surface area contributed by atoms with E-state index in [0.29, 0.717) is 19.2 Å². The first-order chi connectivity index (χ1) is 11.0. The van der Waals surface area contributed by atoms with Crippen molar-refractivity contribution in [2.75, 3.05) is 12.8 Å². The Bertz CT molecular complexity index is 604. The minimum absolute atomic E-state index is 0.0518. The molecule has 0 bridgehead atoms. The van der Waals surface area contributed by atoms with Gasteiger partial charge >= 0.3 is 6.09 Å². The lowest BCUT2D eigenvalue weighted by molar-refractivity contribution is 0.136. The van der Waals surface area contributed by atoms with Gasteiger partial charge in [0.1, 0.15) is 11.9 Å². The highest BCUT2D eigenvalue weighted by atomic mass is 31.2. The van der Waals surface area contributed by atoms with E-state index >= 15 is 0 Å². The highest BCUT2D eigenvalue weighted by Crippen LogP contribution is 2.71. The predicted molar refractivity (Wildman–Crippen MR) is 90.6 cm³/mol. The molecule has 3 unspecified atom stereocenters. The van der Waals surface area contributed by atoms with Crippen LogP contribution in [0.1, 0.15) is 25.8 Å². The Morgan fingerprint density at radius 2 is 2.13 bits per heavy atom. The van der Waals surface area contributed by atoms with Gasteiger partial charge in [0.25, 0.3) is 0 Å². The molecule has 1 aliphatic rings. The molecule has 0 radical (unpaired) electrons. The standard InChI is InChI=1S/C17H24NO4P/c1-4-15-12-17(15,23(20,6-3)22-5-2)18-16(19)21-13-14-10-8-7-9-11-14/h4,7-11,15H,1,5-6,12-13H2,2-3H3,(H,18,19). The van der Waals surface area contributed by atoms with E-state index in [1.165, 1.54) is 0 Å². The van der Waals surface area contributed by atoms with E-state index in [1.807, 2.05) is 37.3 Å². The molecule has 1 N–H and O–H groups in total. The molecule has 0 heterocycles. The lowest BCUT2D eigenvalue weighted by Gasteiger charge is -2.27. The van der Waals surface area contributed by atoms with E-state index in [4.69, 9.17) is 9.26 Å². The summed E-state index contributed by atoms with van der Waals surface area (Å²) in [6, 6.07) is 9.42. The van der Waals surface area contributed by atoms with E-state index in [0.717, 1.165) is 5.56 Å². The van der Waals surface area contributed by atoms with Crippen LogP contribution < -0.4 is 5.32 Å². The number of rotatable bonds is 8. The molecule has 1 saturated carbocycles. The summed E-state index contributed by atoms with van der Waals surface area (Å²) in [4.78, 5) is 12.2. The van der Waals surface area contributed by atoms with Gasteiger partial charge in [0.2, 0.25) is 7.37 Å². The van der Waals surface area contributed by atoms with E-state index < -0.39 is 18.7 Å². The number of alkyl carbamates (subject to hydrolysis) is 1. The summed E-state index contributed by atoms with van der Waals surface area (Å²) in [5.41, 5.74) is 0.899. The molecule has 1 aromatic rings. The SMILES string of the molecule is C=CC1CC1(NC(=O)OCc1ccccc1)P(=O)(CC)OCC. The van der Waals surface area contributed by atoms with Crippen LogP contribution in [-0.4, -0.2) is 24.1 Å². The van der Waals surface area contributed by atoms with Gasteiger partial charge in [-0.15, -0.1) is 6.58 Å². The van der Waals surface area contributed by atoms with Crippen molar-refractivity contribution in [3.8, 4) is 0 Å². The summed E-state index contributed by atoms with van der Waals surface area (Å²) in [5, 5.41) is 1.93. The van der Waals surface area contributed by atoms with Crippen LogP contribution >= 0.6 is 7.37 Å². The van der Waals surface area contributed by atoms with Crippen LogP contribution in [0.2, 0.25) is 0 Å². The second kappa shape index (κ2) is 7.33. The molecule has 1 aliphatic carbocycles. The number of nitrogens with one attached hydrogen (secondary N) is 1. The zero-order chi connectivity index (χ0) is 16.9. The van der Waals surface area contributed by atoms with Gasteiger partial charge in [-0.05, 0) is 18.9 Å². The summed E-state index contributed by atoms with van der Waals surface area (Å²) < 4.78 is 23.9. The average Bonchev–Trinajstić information content (AvgIpc) is 3.29. The van der Waals surface area contributed by atoms with Crippen LogP contribution in [0.3, 0.4) is 0 Å². The maximum atomic E-state index is 13.1. The number of carbonyl (C=O) groups is 1. The lowest BCUT2D eigenvalue weighted by atomic mass is 10.2. The number of benzene rings is 1. The third-order valence-corrected chi connectivity index (χ3v) is 7.51. The number of carbonyl (C=O) groups excluding carboxylic acids is 1. The zero-order valence-electron chi connectivity index (χ0n) is 13.7. The number of hydrogen-bond acceptors (Lipinski definition) is 4. The minimum Gasteiger partial charge on any atom is -0.445 e. The highest BCUT2D eigenvalue weighted by Gasteiger charge is 2.65. The maximum absolute atomic E-state index is 13.1. The van der Waals surface area contributed by atoms with Crippen molar-refractivity contribution >= 4 is 13.5 Å². The molecule has 1 amide bonds. The Kier molecular flexibility index (Phi) is 5.66.